The number of fused-ring (bicyclic) bond motifs is 3. The zero-order valence-corrected chi connectivity index (χ0v) is 13.1. The van der Waals surface area contributed by atoms with E-state index < -0.39 is 35.1 Å². The lowest BCUT2D eigenvalue weighted by Gasteiger charge is -2.33. The summed E-state index contributed by atoms with van der Waals surface area (Å²) < 4.78 is 45.6. The normalized spacial score (nSPS) is 37.2. The second kappa shape index (κ2) is 4.68. The molecule has 2 aromatic rings. The van der Waals surface area contributed by atoms with E-state index in [0.717, 1.165) is 11.3 Å². The van der Waals surface area contributed by atoms with Crippen LogP contribution < -0.4 is 0 Å². The quantitative estimate of drug-likeness (QED) is 0.712. The predicted octanol–water partition coefficient (Wildman–Crippen LogP) is 1.89. The van der Waals surface area contributed by atoms with Gasteiger partial charge in [0, 0.05) is 16.0 Å². The average Bonchev–Trinajstić information content (AvgIpc) is 3.15. The van der Waals surface area contributed by atoms with Crippen LogP contribution in [-0.4, -0.2) is 38.7 Å². The highest BCUT2D eigenvalue weighted by Gasteiger charge is 2.84. The number of alkyl halides is 3. The molecule has 5 nitrogen and oxygen atoms in total. The number of rotatable bonds is 1. The Morgan fingerprint density at radius 2 is 1.76 bits per heavy atom. The van der Waals surface area contributed by atoms with Crippen LogP contribution in [0.4, 0.5) is 13.2 Å². The molecule has 4 unspecified atom stereocenters. The first-order chi connectivity index (χ1) is 11.6. The van der Waals surface area contributed by atoms with Crippen molar-refractivity contribution in [3.8, 4) is 0 Å². The van der Waals surface area contributed by atoms with Crippen molar-refractivity contribution in [1.82, 2.24) is 0 Å². The van der Waals surface area contributed by atoms with Crippen LogP contribution in [0.5, 0.6) is 0 Å². The maximum absolute atomic E-state index is 13.6. The zero-order valence-electron chi connectivity index (χ0n) is 12.3. The van der Waals surface area contributed by atoms with Gasteiger partial charge in [-0.1, -0.05) is 30.3 Å². The molecule has 0 bridgehead atoms. The molecule has 1 aliphatic carbocycles. The van der Waals surface area contributed by atoms with Crippen molar-refractivity contribution in [1.29, 1.82) is 0 Å². The number of ether oxygens (including phenoxy) is 1. The third-order valence-corrected chi connectivity index (χ3v) is 5.68. The number of ketones is 1. The third kappa shape index (κ3) is 1.74. The number of hydrogen-bond acceptors (Lipinski definition) is 6. The van der Waals surface area contributed by atoms with Crippen LogP contribution in [0.1, 0.15) is 26.7 Å². The first kappa shape index (κ1) is 16.7. The summed E-state index contributed by atoms with van der Waals surface area (Å²) in [5, 5.41) is 33.6. The SMILES string of the molecule is O=C1c2ccccc2C2(O)OC(O)(C(F)(F)F)C(c3cccs3)C12O. The van der Waals surface area contributed by atoms with Crippen molar-refractivity contribution in [2.45, 2.75) is 29.3 Å². The summed E-state index contributed by atoms with van der Waals surface area (Å²) in [4.78, 5) is 12.6. The van der Waals surface area contributed by atoms with Crippen LogP contribution in [0.2, 0.25) is 0 Å². The fraction of sp³-hybridized carbons (Fsp3) is 0.312. The van der Waals surface area contributed by atoms with Crippen LogP contribution in [0.15, 0.2) is 41.8 Å². The first-order valence-corrected chi connectivity index (χ1v) is 8.07. The van der Waals surface area contributed by atoms with Gasteiger partial charge >= 0.3 is 6.18 Å². The molecule has 4 rings (SSSR count). The van der Waals surface area contributed by atoms with E-state index in [1.165, 1.54) is 41.8 Å². The van der Waals surface area contributed by atoms with Gasteiger partial charge in [0.15, 0.2) is 5.60 Å². The highest BCUT2D eigenvalue weighted by molar-refractivity contribution is 7.10. The van der Waals surface area contributed by atoms with Gasteiger partial charge in [0.25, 0.3) is 5.79 Å². The summed E-state index contributed by atoms with van der Waals surface area (Å²) >= 11 is 0.802. The molecule has 1 aromatic heterocycles. The molecule has 0 saturated carbocycles. The fourth-order valence-corrected chi connectivity index (χ4v) is 4.58. The summed E-state index contributed by atoms with van der Waals surface area (Å²) in [5.74, 6) is -10.3. The molecule has 2 aliphatic rings. The van der Waals surface area contributed by atoms with E-state index >= 15 is 0 Å². The minimum Gasteiger partial charge on any atom is -0.376 e. The molecule has 1 saturated heterocycles. The van der Waals surface area contributed by atoms with Gasteiger partial charge in [0.05, 0.1) is 5.92 Å². The van der Waals surface area contributed by atoms with E-state index in [1.807, 2.05) is 0 Å². The van der Waals surface area contributed by atoms with Crippen LogP contribution >= 0.6 is 11.3 Å². The average molecular weight is 372 g/mol. The molecular formula is C16H11F3O5S. The molecule has 2 heterocycles. The summed E-state index contributed by atoms with van der Waals surface area (Å²) in [6.45, 7) is 0. The van der Waals surface area contributed by atoms with Gasteiger partial charge in [-0.2, -0.15) is 13.2 Å². The Balaban J connectivity index is 2.04. The van der Waals surface area contributed by atoms with Crippen molar-refractivity contribution >= 4 is 17.1 Å². The van der Waals surface area contributed by atoms with Crippen LogP contribution in [0, 0.1) is 0 Å². The predicted molar refractivity (Wildman–Crippen MR) is 78.8 cm³/mol. The summed E-state index contributed by atoms with van der Waals surface area (Å²) in [5.41, 5.74) is -3.49. The molecular weight excluding hydrogens is 361 g/mol. The standard InChI is InChI=1S/C16H11F3O5S/c17-16(18,19)15(23)11(10-6-3-7-25-10)13(21)12(20)8-4-1-2-5-9(8)14(13,22)24-15/h1-7,11,21-23H. The molecule has 0 radical (unpaired) electrons. The zero-order chi connectivity index (χ0) is 18.3. The number of halogens is 3. The Morgan fingerprint density at radius 1 is 1.08 bits per heavy atom. The molecule has 0 amide bonds. The molecule has 25 heavy (non-hydrogen) atoms. The minimum atomic E-state index is -5.37. The lowest BCUT2D eigenvalue weighted by molar-refractivity contribution is -0.402. The van der Waals surface area contributed by atoms with Crippen LogP contribution in [-0.2, 0) is 10.5 Å². The highest BCUT2D eigenvalue weighted by Crippen LogP contribution is 2.65. The van der Waals surface area contributed by atoms with Gasteiger partial charge in [-0.05, 0) is 11.4 Å². The smallest absolute Gasteiger partial charge is 0.376 e. The minimum absolute atomic E-state index is 0.139. The van der Waals surface area contributed by atoms with E-state index in [2.05, 4.69) is 4.74 Å². The lowest BCUT2D eigenvalue weighted by atomic mass is 9.77. The molecule has 1 aromatic carbocycles. The maximum Gasteiger partial charge on any atom is 0.443 e. The van der Waals surface area contributed by atoms with Crippen molar-refractivity contribution < 1.29 is 38.0 Å². The molecule has 9 heteroatoms. The van der Waals surface area contributed by atoms with Gasteiger partial charge in [0.2, 0.25) is 11.6 Å². The number of carbonyl (C=O) groups is 1. The first-order valence-electron chi connectivity index (χ1n) is 7.19. The van der Waals surface area contributed by atoms with Crippen molar-refractivity contribution in [3.05, 3.63) is 57.8 Å². The summed E-state index contributed by atoms with van der Waals surface area (Å²) in [6.07, 6.45) is -5.37. The number of thiophene rings is 1. The molecule has 0 spiro atoms. The molecule has 1 fully saturated rings. The fourth-order valence-electron chi connectivity index (χ4n) is 3.64. The van der Waals surface area contributed by atoms with Gasteiger partial charge < -0.3 is 20.1 Å². The Bertz CT molecular complexity index is 867. The Hall–Kier alpha value is -1.78. The molecule has 4 atom stereocenters. The maximum atomic E-state index is 13.6. The molecule has 3 N–H and O–H groups in total. The Labute approximate surface area is 142 Å². The van der Waals surface area contributed by atoms with E-state index in [9.17, 15) is 33.3 Å². The van der Waals surface area contributed by atoms with Crippen molar-refractivity contribution in [2.24, 2.45) is 0 Å². The number of aliphatic hydroxyl groups is 3. The van der Waals surface area contributed by atoms with Gasteiger partial charge in [-0.25, -0.2) is 0 Å². The Morgan fingerprint density at radius 3 is 2.36 bits per heavy atom. The van der Waals surface area contributed by atoms with E-state index in [4.69, 9.17) is 0 Å². The van der Waals surface area contributed by atoms with Crippen LogP contribution in [0.25, 0.3) is 0 Å². The monoisotopic (exact) mass is 372 g/mol. The van der Waals surface area contributed by atoms with E-state index in [-0.39, 0.29) is 16.0 Å². The molecule has 1 aliphatic heterocycles. The van der Waals surface area contributed by atoms with Crippen molar-refractivity contribution in [2.75, 3.05) is 0 Å². The second-order valence-electron chi connectivity index (χ2n) is 6.03. The second-order valence-corrected chi connectivity index (χ2v) is 7.01. The Kier molecular flexibility index (Phi) is 3.12. The number of carbonyl (C=O) groups excluding carboxylic acids is 1. The molecule has 132 valence electrons. The van der Waals surface area contributed by atoms with E-state index in [1.54, 1.807) is 0 Å². The third-order valence-electron chi connectivity index (χ3n) is 4.75. The van der Waals surface area contributed by atoms with Crippen LogP contribution in [0.3, 0.4) is 0 Å². The largest absolute Gasteiger partial charge is 0.443 e. The number of benzene rings is 1. The summed E-state index contributed by atoms with van der Waals surface area (Å²) in [6, 6.07) is 7.91. The lowest BCUT2D eigenvalue weighted by Crippen LogP contribution is -2.55. The van der Waals surface area contributed by atoms with Gasteiger partial charge in [0.1, 0.15) is 0 Å². The van der Waals surface area contributed by atoms with Crippen molar-refractivity contribution in [3.63, 3.8) is 0 Å². The number of Topliss-reactive ketones (excluding diaryl/α,β-unsaturated/α-hetero) is 1. The number of hydrogen-bond donors (Lipinski definition) is 3. The topological polar surface area (TPSA) is 87.0 Å². The highest BCUT2D eigenvalue weighted by atomic mass is 32.1. The summed E-state index contributed by atoms with van der Waals surface area (Å²) in [7, 11) is 0. The van der Waals surface area contributed by atoms with Gasteiger partial charge in [-0.3, -0.25) is 4.79 Å². The van der Waals surface area contributed by atoms with E-state index in [0.29, 0.717) is 0 Å². The van der Waals surface area contributed by atoms with Gasteiger partial charge in [-0.15, -0.1) is 11.3 Å².